The number of likely N-dealkylation sites (N-methyl/N-ethyl adjacent to an activating group) is 1. The Morgan fingerprint density at radius 1 is 1.60 bits per heavy atom. The van der Waals surface area contributed by atoms with Crippen molar-refractivity contribution >= 4 is 0 Å². The first-order valence-corrected chi connectivity index (χ1v) is 5.72. The summed E-state index contributed by atoms with van der Waals surface area (Å²) in [5.41, 5.74) is 1.23. The standard InChI is InChI=1S/C11H20N4/c1-3-9-7-13-11(14-9)6-10-8-15(2)5-4-12-10/h7,10,12H,3-6,8H2,1-2H3,(H,13,14). The molecule has 15 heavy (non-hydrogen) atoms. The fourth-order valence-corrected chi connectivity index (χ4v) is 2.05. The van der Waals surface area contributed by atoms with Crippen LogP contribution >= 0.6 is 0 Å². The van der Waals surface area contributed by atoms with Crippen LogP contribution in [0.3, 0.4) is 0 Å². The van der Waals surface area contributed by atoms with Crippen molar-refractivity contribution < 1.29 is 0 Å². The normalized spacial score (nSPS) is 23.2. The van der Waals surface area contributed by atoms with Gasteiger partial charge in [-0.25, -0.2) is 4.98 Å². The average molecular weight is 208 g/mol. The van der Waals surface area contributed by atoms with Gasteiger partial charge in [0.2, 0.25) is 0 Å². The maximum Gasteiger partial charge on any atom is 0.107 e. The molecule has 1 saturated heterocycles. The summed E-state index contributed by atoms with van der Waals surface area (Å²) in [4.78, 5) is 10.1. The molecule has 1 atom stereocenters. The molecule has 0 spiro atoms. The van der Waals surface area contributed by atoms with E-state index in [1.165, 1.54) is 5.69 Å². The Balaban J connectivity index is 1.90. The largest absolute Gasteiger partial charge is 0.346 e. The summed E-state index contributed by atoms with van der Waals surface area (Å²) in [5.74, 6) is 1.11. The molecule has 2 rings (SSSR count). The summed E-state index contributed by atoms with van der Waals surface area (Å²) in [5, 5.41) is 3.52. The minimum absolute atomic E-state index is 0.541. The molecule has 2 N–H and O–H groups in total. The minimum atomic E-state index is 0.541. The lowest BCUT2D eigenvalue weighted by atomic mass is 10.1. The zero-order valence-electron chi connectivity index (χ0n) is 9.58. The van der Waals surface area contributed by atoms with Gasteiger partial charge in [-0.2, -0.15) is 0 Å². The number of nitrogens with one attached hydrogen (secondary N) is 2. The smallest absolute Gasteiger partial charge is 0.107 e. The van der Waals surface area contributed by atoms with Crippen LogP contribution < -0.4 is 5.32 Å². The van der Waals surface area contributed by atoms with E-state index in [0.717, 1.165) is 38.3 Å². The number of piperazine rings is 1. The highest BCUT2D eigenvalue weighted by Gasteiger charge is 2.17. The number of hydrogen-bond donors (Lipinski definition) is 2. The lowest BCUT2D eigenvalue weighted by Crippen LogP contribution is -2.50. The molecule has 1 aliphatic rings. The van der Waals surface area contributed by atoms with Crippen LogP contribution in [-0.4, -0.2) is 47.6 Å². The van der Waals surface area contributed by atoms with E-state index in [2.05, 4.69) is 34.2 Å². The van der Waals surface area contributed by atoms with Crippen LogP contribution in [0.2, 0.25) is 0 Å². The van der Waals surface area contributed by atoms with Crippen molar-refractivity contribution in [1.82, 2.24) is 20.2 Å². The van der Waals surface area contributed by atoms with Gasteiger partial charge in [-0.05, 0) is 13.5 Å². The van der Waals surface area contributed by atoms with E-state index < -0.39 is 0 Å². The van der Waals surface area contributed by atoms with Crippen LogP contribution in [0.25, 0.3) is 0 Å². The Bertz CT molecular complexity index is 307. The lowest BCUT2D eigenvalue weighted by Gasteiger charge is -2.30. The quantitative estimate of drug-likeness (QED) is 0.756. The summed E-state index contributed by atoms with van der Waals surface area (Å²) in [6.07, 6.45) is 3.98. The van der Waals surface area contributed by atoms with Crippen molar-refractivity contribution in [2.24, 2.45) is 0 Å². The van der Waals surface area contributed by atoms with Crippen molar-refractivity contribution in [2.75, 3.05) is 26.7 Å². The highest BCUT2D eigenvalue weighted by atomic mass is 15.2. The van der Waals surface area contributed by atoms with Gasteiger partial charge in [0.1, 0.15) is 5.82 Å². The number of imidazole rings is 1. The van der Waals surface area contributed by atoms with E-state index >= 15 is 0 Å². The summed E-state index contributed by atoms with van der Waals surface area (Å²) in [7, 11) is 2.17. The number of aryl methyl sites for hydroxylation is 1. The molecule has 0 saturated carbocycles. The van der Waals surface area contributed by atoms with Crippen molar-refractivity contribution in [3.8, 4) is 0 Å². The number of aromatic nitrogens is 2. The predicted octanol–water partition coefficient (Wildman–Crippen LogP) is 0.418. The third-order valence-corrected chi connectivity index (χ3v) is 2.96. The van der Waals surface area contributed by atoms with Gasteiger partial charge < -0.3 is 15.2 Å². The third kappa shape index (κ3) is 2.79. The van der Waals surface area contributed by atoms with Gasteiger partial charge in [0.15, 0.2) is 0 Å². The molecule has 0 aromatic carbocycles. The molecule has 4 heteroatoms. The van der Waals surface area contributed by atoms with Crippen LogP contribution in [0, 0.1) is 0 Å². The predicted molar refractivity (Wildman–Crippen MR) is 61.0 cm³/mol. The summed E-state index contributed by atoms with van der Waals surface area (Å²) in [6.45, 7) is 5.49. The second-order valence-corrected chi connectivity index (χ2v) is 4.33. The second-order valence-electron chi connectivity index (χ2n) is 4.33. The van der Waals surface area contributed by atoms with Gasteiger partial charge in [-0.1, -0.05) is 6.92 Å². The van der Waals surface area contributed by atoms with Gasteiger partial charge in [-0.15, -0.1) is 0 Å². The number of hydrogen-bond acceptors (Lipinski definition) is 3. The lowest BCUT2D eigenvalue weighted by molar-refractivity contribution is 0.236. The maximum absolute atomic E-state index is 4.39. The van der Waals surface area contributed by atoms with Gasteiger partial charge in [0.25, 0.3) is 0 Å². The minimum Gasteiger partial charge on any atom is -0.346 e. The molecule has 84 valence electrons. The summed E-state index contributed by atoms with van der Waals surface area (Å²) in [6, 6.07) is 0.541. The molecule has 0 aliphatic carbocycles. The molecule has 4 nitrogen and oxygen atoms in total. The van der Waals surface area contributed by atoms with Crippen LogP contribution in [0.4, 0.5) is 0 Å². The van der Waals surface area contributed by atoms with Crippen LogP contribution in [0.5, 0.6) is 0 Å². The Kier molecular flexibility index (Phi) is 3.38. The number of rotatable bonds is 3. The van der Waals surface area contributed by atoms with E-state index in [1.54, 1.807) is 0 Å². The summed E-state index contributed by atoms with van der Waals surface area (Å²) < 4.78 is 0. The Hall–Kier alpha value is -0.870. The molecular weight excluding hydrogens is 188 g/mol. The van der Waals surface area contributed by atoms with Crippen molar-refractivity contribution in [3.05, 3.63) is 17.7 Å². The third-order valence-electron chi connectivity index (χ3n) is 2.96. The van der Waals surface area contributed by atoms with Gasteiger partial charge >= 0.3 is 0 Å². The van der Waals surface area contributed by atoms with Crippen molar-refractivity contribution in [1.29, 1.82) is 0 Å². The number of nitrogens with zero attached hydrogens (tertiary/aromatic N) is 2. The van der Waals surface area contributed by atoms with Crippen molar-refractivity contribution in [2.45, 2.75) is 25.8 Å². The monoisotopic (exact) mass is 208 g/mol. The fourth-order valence-electron chi connectivity index (χ4n) is 2.05. The van der Waals surface area contributed by atoms with Crippen molar-refractivity contribution in [3.63, 3.8) is 0 Å². The summed E-state index contributed by atoms with van der Waals surface area (Å²) >= 11 is 0. The number of aromatic amines is 1. The first kappa shape index (κ1) is 10.6. The Morgan fingerprint density at radius 2 is 2.47 bits per heavy atom. The SMILES string of the molecule is CCc1cnc(CC2CN(C)CCN2)[nH]1. The molecule has 1 aliphatic heterocycles. The zero-order valence-corrected chi connectivity index (χ0v) is 9.58. The van der Waals surface area contributed by atoms with Gasteiger partial charge in [0.05, 0.1) is 0 Å². The van der Waals surface area contributed by atoms with Gasteiger partial charge in [0, 0.05) is 44.0 Å². The average Bonchev–Trinajstić information content (AvgIpc) is 2.65. The second kappa shape index (κ2) is 4.77. The van der Waals surface area contributed by atoms with Crippen LogP contribution in [-0.2, 0) is 12.8 Å². The highest BCUT2D eigenvalue weighted by molar-refractivity contribution is 5.02. The maximum atomic E-state index is 4.39. The Labute approximate surface area is 91.1 Å². The molecule has 1 unspecified atom stereocenters. The van der Waals surface area contributed by atoms with Crippen LogP contribution in [0.15, 0.2) is 6.20 Å². The first-order chi connectivity index (χ1) is 7.28. The molecule has 1 aromatic rings. The molecule has 0 amide bonds. The van der Waals surface area contributed by atoms with Gasteiger partial charge in [-0.3, -0.25) is 0 Å². The topological polar surface area (TPSA) is 44.0 Å². The fraction of sp³-hybridized carbons (Fsp3) is 0.727. The molecule has 1 aromatic heterocycles. The number of H-pyrrole nitrogens is 1. The first-order valence-electron chi connectivity index (χ1n) is 5.72. The molecule has 0 bridgehead atoms. The molecule has 2 heterocycles. The molecule has 0 radical (unpaired) electrons. The van der Waals surface area contributed by atoms with E-state index in [4.69, 9.17) is 0 Å². The van der Waals surface area contributed by atoms with E-state index in [9.17, 15) is 0 Å². The van der Waals surface area contributed by atoms with E-state index in [1.807, 2.05) is 6.20 Å². The highest BCUT2D eigenvalue weighted by Crippen LogP contribution is 2.04. The van der Waals surface area contributed by atoms with E-state index in [0.29, 0.717) is 6.04 Å². The Morgan fingerprint density at radius 3 is 3.13 bits per heavy atom. The zero-order chi connectivity index (χ0) is 10.7. The van der Waals surface area contributed by atoms with E-state index in [-0.39, 0.29) is 0 Å². The molecular formula is C11H20N4. The van der Waals surface area contributed by atoms with Crippen LogP contribution in [0.1, 0.15) is 18.4 Å². The molecule has 1 fully saturated rings.